The minimum Gasteiger partial charge on any atom is -0.378 e. The monoisotopic (exact) mass is 230 g/mol. The van der Waals surface area contributed by atoms with Crippen molar-refractivity contribution in [3.8, 4) is 0 Å². The van der Waals surface area contributed by atoms with E-state index >= 15 is 0 Å². The summed E-state index contributed by atoms with van der Waals surface area (Å²) in [5, 5.41) is 3.41. The third kappa shape index (κ3) is 2.78. The van der Waals surface area contributed by atoms with E-state index in [1.807, 2.05) is 55.1 Å². The van der Waals surface area contributed by atoms with Gasteiger partial charge in [0, 0.05) is 46.3 Å². The smallest absolute Gasteiger partial charge is 0.151 e. The van der Waals surface area contributed by atoms with Gasteiger partial charge < -0.3 is 14.8 Å². The van der Waals surface area contributed by atoms with Gasteiger partial charge in [0.2, 0.25) is 0 Å². The van der Waals surface area contributed by atoms with E-state index in [2.05, 4.69) is 22.6 Å². The van der Waals surface area contributed by atoms with Crippen molar-refractivity contribution < 1.29 is 0 Å². The zero-order valence-corrected chi connectivity index (χ0v) is 10.5. The lowest BCUT2D eigenvalue weighted by atomic mass is 10.3. The molecule has 2 heterocycles. The number of hydrogen-bond acceptors (Lipinski definition) is 3. The maximum Gasteiger partial charge on any atom is 0.151 e. The fraction of sp³-hybridized carbons (Fsp3) is 0.308. The second kappa shape index (κ2) is 4.91. The molecule has 0 atom stereocenters. The van der Waals surface area contributed by atoms with Crippen LogP contribution in [-0.4, -0.2) is 23.6 Å². The molecule has 0 fully saturated rings. The fourth-order valence-electron chi connectivity index (χ4n) is 1.75. The molecule has 17 heavy (non-hydrogen) atoms. The van der Waals surface area contributed by atoms with Gasteiger partial charge in [-0.15, -0.1) is 0 Å². The lowest BCUT2D eigenvalue weighted by Gasteiger charge is -2.16. The Labute approximate surface area is 102 Å². The molecule has 0 aliphatic rings. The third-order valence-electron chi connectivity index (χ3n) is 2.59. The summed E-state index contributed by atoms with van der Waals surface area (Å²) >= 11 is 0. The Bertz CT molecular complexity index is 488. The van der Waals surface area contributed by atoms with Gasteiger partial charge in [0.05, 0.1) is 5.69 Å². The molecule has 0 amide bonds. The summed E-state index contributed by atoms with van der Waals surface area (Å²) in [6, 6.07) is 6.10. The zero-order valence-electron chi connectivity index (χ0n) is 10.5. The number of rotatable bonds is 4. The van der Waals surface area contributed by atoms with E-state index < -0.39 is 0 Å². The molecule has 1 N–H and O–H groups in total. The molecule has 0 unspecified atom stereocenters. The molecular formula is C13H18N4. The van der Waals surface area contributed by atoms with E-state index in [-0.39, 0.29) is 0 Å². The molecule has 2 rings (SSSR count). The Morgan fingerprint density at radius 3 is 2.82 bits per heavy atom. The predicted molar refractivity (Wildman–Crippen MR) is 71.3 cm³/mol. The largest absolute Gasteiger partial charge is 0.378 e. The highest BCUT2D eigenvalue weighted by Crippen LogP contribution is 2.20. The molecule has 0 aliphatic heterocycles. The van der Waals surface area contributed by atoms with Crippen LogP contribution in [0.1, 0.15) is 5.56 Å². The van der Waals surface area contributed by atoms with Crippen LogP contribution in [0, 0.1) is 0 Å². The first-order chi connectivity index (χ1) is 8.16. The van der Waals surface area contributed by atoms with Crippen LogP contribution in [0.3, 0.4) is 0 Å². The molecule has 4 nitrogen and oxygen atoms in total. The van der Waals surface area contributed by atoms with Gasteiger partial charge in [-0.05, 0) is 23.8 Å². The van der Waals surface area contributed by atoms with Crippen molar-refractivity contribution in [2.24, 2.45) is 7.05 Å². The van der Waals surface area contributed by atoms with Crippen molar-refractivity contribution in [1.82, 2.24) is 9.55 Å². The molecule has 0 aliphatic carbocycles. The standard InChI is InChI=1S/C13H18N4/c1-16(2)13-12(5-4-7-14-13)15-9-11-6-8-17(3)10-11/h4-8,10,15H,9H2,1-3H3. The summed E-state index contributed by atoms with van der Waals surface area (Å²) in [4.78, 5) is 6.36. The number of aromatic nitrogens is 2. The summed E-state index contributed by atoms with van der Waals surface area (Å²) < 4.78 is 2.05. The highest BCUT2D eigenvalue weighted by atomic mass is 15.2. The van der Waals surface area contributed by atoms with Crippen LogP contribution < -0.4 is 10.2 Å². The van der Waals surface area contributed by atoms with Gasteiger partial charge in [-0.2, -0.15) is 0 Å². The van der Waals surface area contributed by atoms with Crippen molar-refractivity contribution in [3.05, 3.63) is 42.4 Å². The van der Waals surface area contributed by atoms with Crippen molar-refractivity contribution >= 4 is 11.5 Å². The zero-order chi connectivity index (χ0) is 12.3. The molecule has 90 valence electrons. The highest BCUT2D eigenvalue weighted by Gasteiger charge is 2.04. The molecule has 0 spiro atoms. The van der Waals surface area contributed by atoms with Crippen molar-refractivity contribution in [1.29, 1.82) is 0 Å². The van der Waals surface area contributed by atoms with Crippen LogP contribution >= 0.6 is 0 Å². The van der Waals surface area contributed by atoms with Crippen molar-refractivity contribution in [2.75, 3.05) is 24.3 Å². The Balaban J connectivity index is 2.08. The molecule has 0 saturated carbocycles. The van der Waals surface area contributed by atoms with Gasteiger partial charge in [-0.25, -0.2) is 4.98 Å². The van der Waals surface area contributed by atoms with Crippen LogP contribution in [0.25, 0.3) is 0 Å². The average molecular weight is 230 g/mol. The van der Waals surface area contributed by atoms with Crippen LogP contribution in [0.5, 0.6) is 0 Å². The third-order valence-corrected chi connectivity index (χ3v) is 2.59. The Hall–Kier alpha value is -1.97. The maximum absolute atomic E-state index is 4.35. The summed E-state index contributed by atoms with van der Waals surface area (Å²) in [5.74, 6) is 0.962. The normalized spacial score (nSPS) is 10.3. The summed E-state index contributed by atoms with van der Waals surface area (Å²) in [6.45, 7) is 0.813. The van der Waals surface area contributed by atoms with E-state index in [0.29, 0.717) is 0 Å². The van der Waals surface area contributed by atoms with Crippen LogP contribution in [-0.2, 0) is 13.6 Å². The van der Waals surface area contributed by atoms with Gasteiger partial charge in [-0.1, -0.05) is 0 Å². The quantitative estimate of drug-likeness (QED) is 0.873. The molecule has 4 heteroatoms. The van der Waals surface area contributed by atoms with Crippen LogP contribution in [0.15, 0.2) is 36.8 Å². The minimum atomic E-state index is 0.813. The van der Waals surface area contributed by atoms with Gasteiger partial charge in [0.15, 0.2) is 5.82 Å². The first-order valence-electron chi connectivity index (χ1n) is 5.64. The maximum atomic E-state index is 4.35. The predicted octanol–water partition coefficient (Wildman–Crippen LogP) is 2.10. The number of aryl methyl sites for hydroxylation is 1. The van der Waals surface area contributed by atoms with E-state index in [1.165, 1.54) is 5.56 Å². The highest BCUT2D eigenvalue weighted by molar-refractivity contribution is 5.64. The number of hydrogen-bond donors (Lipinski definition) is 1. The average Bonchev–Trinajstić information content (AvgIpc) is 2.73. The molecule has 0 radical (unpaired) electrons. The van der Waals surface area contributed by atoms with Crippen molar-refractivity contribution in [3.63, 3.8) is 0 Å². The van der Waals surface area contributed by atoms with Gasteiger partial charge in [0.25, 0.3) is 0 Å². The summed E-state index contributed by atoms with van der Waals surface area (Å²) in [5.41, 5.74) is 2.32. The van der Waals surface area contributed by atoms with Crippen LogP contribution in [0.2, 0.25) is 0 Å². The van der Waals surface area contributed by atoms with E-state index in [0.717, 1.165) is 18.1 Å². The van der Waals surface area contributed by atoms with Gasteiger partial charge in [-0.3, -0.25) is 0 Å². The summed E-state index contributed by atoms with van der Waals surface area (Å²) in [7, 11) is 6.02. The lowest BCUT2D eigenvalue weighted by molar-refractivity contribution is 0.920. The molecule has 0 aromatic carbocycles. The number of nitrogens with zero attached hydrogens (tertiary/aromatic N) is 3. The Morgan fingerprint density at radius 1 is 1.35 bits per heavy atom. The van der Waals surface area contributed by atoms with Crippen LogP contribution in [0.4, 0.5) is 11.5 Å². The number of anilines is 2. The topological polar surface area (TPSA) is 33.1 Å². The van der Waals surface area contributed by atoms with E-state index in [1.54, 1.807) is 0 Å². The van der Waals surface area contributed by atoms with Gasteiger partial charge in [0.1, 0.15) is 0 Å². The second-order valence-corrected chi connectivity index (χ2v) is 4.31. The Kier molecular flexibility index (Phi) is 3.32. The SMILES string of the molecule is CN(C)c1ncccc1NCc1ccn(C)c1. The molecule has 0 bridgehead atoms. The lowest BCUT2D eigenvalue weighted by Crippen LogP contribution is -2.13. The van der Waals surface area contributed by atoms with E-state index in [4.69, 9.17) is 0 Å². The van der Waals surface area contributed by atoms with Gasteiger partial charge >= 0.3 is 0 Å². The van der Waals surface area contributed by atoms with Crippen molar-refractivity contribution in [2.45, 2.75) is 6.54 Å². The fourth-order valence-corrected chi connectivity index (χ4v) is 1.75. The Morgan fingerprint density at radius 2 is 2.18 bits per heavy atom. The summed E-state index contributed by atoms with van der Waals surface area (Å²) in [6.07, 6.45) is 5.97. The minimum absolute atomic E-state index is 0.813. The number of pyridine rings is 1. The molecular weight excluding hydrogens is 212 g/mol. The first-order valence-corrected chi connectivity index (χ1v) is 5.64. The number of nitrogens with one attached hydrogen (secondary N) is 1. The van der Waals surface area contributed by atoms with E-state index in [9.17, 15) is 0 Å². The second-order valence-electron chi connectivity index (χ2n) is 4.31. The molecule has 2 aromatic heterocycles. The first kappa shape index (κ1) is 11.5. The molecule has 2 aromatic rings. The molecule has 0 saturated heterocycles.